The fourth-order valence-electron chi connectivity index (χ4n) is 3.88. The second-order valence-electron chi connectivity index (χ2n) is 7.19. The van der Waals surface area contributed by atoms with Gasteiger partial charge in [0.2, 0.25) is 5.76 Å². The fraction of sp³-hybridized carbons (Fsp3) is 0.174. The van der Waals surface area contributed by atoms with Crippen LogP contribution in [0, 0.1) is 12.7 Å². The molecule has 1 amide bonds. The Morgan fingerprint density at radius 1 is 1.13 bits per heavy atom. The molecule has 1 atom stereocenters. The summed E-state index contributed by atoms with van der Waals surface area (Å²) in [5.74, 6) is 0.241. The summed E-state index contributed by atoms with van der Waals surface area (Å²) in [5, 5.41) is 4.04. The zero-order chi connectivity index (χ0) is 21.7. The summed E-state index contributed by atoms with van der Waals surface area (Å²) in [5.41, 5.74) is 0.458. The van der Waals surface area contributed by atoms with Gasteiger partial charge in [0.25, 0.3) is 5.91 Å². The molecule has 0 aliphatic carbocycles. The van der Waals surface area contributed by atoms with Crippen LogP contribution >= 0.6 is 0 Å². The van der Waals surface area contributed by atoms with Gasteiger partial charge in [-0.05, 0) is 49.7 Å². The van der Waals surface area contributed by atoms with E-state index in [1.807, 2.05) is 6.92 Å². The molecule has 0 saturated heterocycles. The largest absolute Gasteiger partial charge is 0.494 e. The Labute approximate surface area is 175 Å². The molecule has 0 bridgehead atoms. The Balaban J connectivity index is 1.76. The van der Waals surface area contributed by atoms with E-state index in [-0.39, 0.29) is 28.1 Å². The van der Waals surface area contributed by atoms with E-state index in [0.717, 1.165) is 6.07 Å². The minimum atomic E-state index is -0.813. The van der Waals surface area contributed by atoms with Crippen LogP contribution in [0.2, 0.25) is 0 Å². The average molecular weight is 420 g/mol. The number of aromatic nitrogens is 1. The third-order valence-corrected chi connectivity index (χ3v) is 5.20. The van der Waals surface area contributed by atoms with Crippen molar-refractivity contribution in [1.82, 2.24) is 5.16 Å². The number of benzene rings is 2. The van der Waals surface area contributed by atoms with Crippen LogP contribution in [0.4, 0.5) is 10.2 Å². The average Bonchev–Trinajstić information content (AvgIpc) is 3.31. The van der Waals surface area contributed by atoms with Crippen molar-refractivity contribution in [2.75, 3.05) is 11.5 Å². The summed E-state index contributed by atoms with van der Waals surface area (Å²) in [7, 11) is 0. The lowest BCUT2D eigenvalue weighted by Crippen LogP contribution is -2.29. The predicted molar refractivity (Wildman–Crippen MR) is 110 cm³/mol. The number of anilines is 1. The highest BCUT2D eigenvalue weighted by atomic mass is 19.1. The molecule has 0 unspecified atom stereocenters. The molecule has 0 saturated carbocycles. The number of aryl methyl sites for hydroxylation is 1. The number of nitrogens with zero attached hydrogens (tertiary/aromatic N) is 2. The second kappa shape index (κ2) is 7.09. The fourth-order valence-corrected chi connectivity index (χ4v) is 3.88. The quantitative estimate of drug-likeness (QED) is 0.487. The van der Waals surface area contributed by atoms with Gasteiger partial charge in [0.05, 0.1) is 23.6 Å². The molecular formula is C23H17FN2O5. The van der Waals surface area contributed by atoms with E-state index in [9.17, 15) is 14.0 Å². The molecule has 3 heterocycles. The number of carbonyl (C=O) groups excluding carboxylic acids is 1. The van der Waals surface area contributed by atoms with Crippen molar-refractivity contribution in [2.24, 2.45) is 0 Å². The first-order valence-corrected chi connectivity index (χ1v) is 9.74. The number of hydrogen-bond donors (Lipinski definition) is 0. The highest BCUT2D eigenvalue weighted by Gasteiger charge is 2.44. The van der Waals surface area contributed by atoms with E-state index in [0.29, 0.717) is 23.7 Å². The van der Waals surface area contributed by atoms with Gasteiger partial charge >= 0.3 is 0 Å². The molecule has 156 valence electrons. The molecule has 0 fully saturated rings. The number of hydrogen-bond acceptors (Lipinski definition) is 6. The van der Waals surface area contributed by atoms with Gasteiger partial charge < -0.3 is 13.7 Å². The van der Waals surface area contributed by atoms with Gasteiger partial charge in [0, 0.05) is 6.07 Å². The zero-order valence-electron chi connectivity index (χ0n) is 16.7. The normalized spacial score (nSPS) is 15.5. The Bertz CT molecular complexity index is 1370. The van der Waals surface area contributed by atoms with Crippen LogP contribution < -0.4 is 15.1 Å². The van der Waals surface area contributed by atoms with E-state index in [4.69, 9.17) is 13.7 Å². The van der Waals surface area contributed by atoms with Gasteiger partial charge in [-0.2, -0.15) is 0 Å². The molecule has 1 aliphatic heterocycles. The van der Waals surface area contributed by atoms with Crippen LogP contribution in [0.1, 0.15) is 40.4 Å². The molecule has 0 radical (unpaired) electrons. The van der Waals surface area contributed by atoms with Crippen molar-refractivity contribution in [1.29, 1.82) is 0 Å². The Kier molecular flexibility index (Phi) is 4.35. The van der Waals surface area contributed by atoms with Crippen molar-refractivity contribution in [3.8, 4) is 5.75 Å². The number of carbonyl (C=O) groups is 1. The number of amides is 1. The molecule has 31 heavy (non-hydrogen) atoms. The predicted octanol–water partition coefficient (Wildman–Crippen LogP) is 4.38. The van der Waals surface area contributed by atoms with E-state index in [1.54, 1.807) is 37.3 Å². The Morgan fingerprint density at radius 3 is 2.58 bits per heavy atom. The van der Waals surface area contributed by atoms with E-state index < -0.39 is 23.2 Å². The van der Waals surface area contributed by atoms with Crippen molar-refractivity contribution in [2.45, 2.75) is 19.9 Å². The van der Waals surface area contributed by atoms with Gasteiger partial charge in [-0.25, -0.2) is 4.39 Å². The highest BCUT2D eigenvalue weighted by Crippen LogP contribution is 2.41. The molecule has 7 nitrogen and oxygen atoms in total. The highest BCUT2D eigenvalue weighted by molar-refractivity contribution is 6.10. The number of rotatable bonds is 4. The van der Waals surface area contributed by atoms with Gasteiger partial charge in [0.1, 0.15) is 22.9 Å². The third kappa shape index (κ3) is 2.99. The van der Waals surface area contributed by atoms with Crippen LogP contribution in [-0.4, -0.2) is 17.7 Å². The van der Waals surface area contributed by atoms with Crippen LogP contribution in [-0.2, 0) is 0 Å². The molecule has 2 aromatic carbocycles. The lowest BCUT2D eigenvalue weighted by Gasteiger charge is -2.22. The summed E-state index contributed by atoms with van der Waals surface area (Å²) in [6.07, 6.45) is 0. The monoisotopic (exact) mass is 420 g/mol. The lowest BCUT2D eigenvalue weighted by molar-refractivity contribution is 0.0969. The Morgan fingerprint density at radius 2 is 1.90 bits per heavy atom. The third-order valence-electron chi connectivity index (χ3n) is 5.20. The topological polar surface area (TPSA) is 85.8 Å². The van der Waals surface area contributed by atoms with Crippen molar-refractivity contribution in [3.05, 3.63) is 87.2 Å². The van der Waals surface area contributed by atoms with Crippen LogP contribution in [0.25, 0.3) is 11.0 Å². The van der Waals surface area contributed by atoms with Gasteiger partial charge in [0.15, 0.2) is 11.2 Å². The molecule has 1 aliphatic rings. The standard InChI is InChI=1S/C23H17FN2O5/c1-3-29-15-7-4-13(5-8-15)20-19-21(27)16-11-14(24)6-9-17(16)30-22(19)23(28)26(20)18-10-12(2)31-25-18/h4-11,20H,3H2,1-2H3/t20-/m0/s1. The molecule has 0 N–H and O–H groups in total. The zero-order valence-corrected chi connectivity index (χ0v) is 16.7. The van der Waals surface area contributed by atoms with Crippen LogP contribution in [0.15, 0.2) is 62.3 Å². The lowest BCUT2D eigenvalue weighted by atomic mass is 9.98. The van der Waals surface area contributed by atoms with E-state index in [2.05, 4.69) is 5.16 Å². The van der Waals surface area contributed by atoms with Crippen molar-refractivity contribution < 1.29 is 22.9 Å². The SMILES string of the molecule is CCOc1ccc([C@H]2c3c(oc4ccc(F)cc4c3=O)C(=O)N2c2cc(C)on2)cc1. The summed E-state index contributed by atoms with van der Waals surface area (Å²) < 4.78 is 30.3. The number of halogens is 1. The first kappa shape index (κ1) is 19.0. The summed E-state index contributed by atoms with van der Waals surface area (Å²) in [6, 6.07) is 11.5. The maximum atomic E-state index is 13.8. The Hall–Kier alpha value is -3.94. The first-order chi connectivity index (χ1) is 15.0. The second-order valence-corrected chi connectivity index (χ2v) is 7.19. The minimum absolute atomic E-state index is 0.0701. The summed E-state index contributed by atoms with van der Waals surface area (Å²) in [4.78, 5) is 28.1. The first-order valence-electron chi connectivity index (χ1n) is 9.74. The van der Waals surface area contributed by atoms with E-state index in [1.165, 1.54) is 17.0 Å². The minimum Gasteiger partial charge on any atom is -0.494 e. The maximum Gasteiger partial charge on any atom is 0.296 e. The van der Waals surface area contributed by atoms with Gasteiger partial charge in [-0.15, -0.1) is 0 Å². The van der Waals surface area contributed by atoms with Crippen molar-refractivity contribution in [3.63, 3.8) is 0 Å². The molecule has 8 heteroatoms. The van der Waals surface area contributed by atoms with E-state index >= 15 is 0 Å². The molecule has 5 rings (SSSR count). The maximum absolute atomic E-state index is 13.8. The molecule has 2 aromatic heterocycles. The van der Waals surface area contributed by atoms with Gasteiger partial charge in [-0.1, -0.05) is 17.3 Å². The number of fused-ring (bicyclic) bond motifs is 2. The molecule has 0 spiro atoms. The van der Waals surface area contributed by atoms with Gasteiger partial charge in [-0.3, -0.25) is 14.5 Å². The van der Waals surface area contributed by atoms with Crippen LogP contribution in [0.3, 0.4) is 0 Å². The molecule has 4 aromatic rings. The smallest absolute Gasteiger partial charge is 0.296 e. The summed E-state index contributed by atoms with van der Waals surface area (Å²) in [6.45, 7) is 4.09. The van der Waals surface area contributed by atoms with Crippen molar-refractivity contribution >= 4 is 22.7 Å². The molecular weight excluding hydrogens is 403 g/mol. The number of ether oxygens (including phenoxy) is 1. The van der Waals surface area contributed by atoms with Crippen LogP contribution in [0.5, 0.6) is 5.75 Å². The summed E-state index contributed by atoms with van der Waals surface area (Å²) >= 11 is 0.